The summed E-state index contributed by atoms with van der Waals surface area (Å²) in [4.78, 5) is 2.77. The predicted molar refractivity (Wildman–Crippen MR) is 56.0 cm³/mol. The molecule has 0 bridgehead atoms. The van der Waals surface area contributed by atoms with Crippen molar-refractivity contribution < 1.29 is 13.2 Å². The van der Waals surface area contributed by atoms with Crippen molar-refractivity contribution in [1.29, 1.82) is 0 Å². The zero-order chi connectivity index (χ0) is 10.3. The lowest BCUT2D eigenvalue weighted by Gasteiger charge is -2.07. The minimum absolute atomic E-state index is 0.518. The number of aromatic amines is 1. The Morgan fingerprint density at radius 2 is 1.93 bits per heavy atom. The SMILES string of the molecule is FC(F)(F)c1cc(I)c2cc[nH]c2c1. The highest BCUT2D eigenvalue weighted by molar-refractivity contribution is 14.1. The van der Waals surface area contributed by atoms with Crippen molar-refractivity contribution >= 4 is 33.5 Å². The third kappa shape index (κ3) is 1.60. The van der Waals surface area contributed by atoms with E-state index < -0.39 is 11.7 Å². The lowest BCUT2D eigenvalue weighted by Crippen LogP contribution is -2.04. The lowest BCUT2D eigenvalue weighted by atomic mass is 10.1. The Balaban J connectivity index is 2.70. The molecule has 1 aromatic heterocycles. The molecule has 0 radical (unpaired) electrons. The number of fused-ring (bicyclic) bond motifs is 1. The first-order valence-corrected chi connectivity index (χ1v) is 4.90. The Labute approximate surface area is 91.4 Å². The molecular weight excluding hydrogens is 306 g/mol. The van der Waals surface area contributed by atoms with Gasteiger partial charge >= 0.3 is 6.18 Å². The highest BCUT2D eigenvalue weighted by atomic mass is 127. The maximum absolute atomic E-state index is 12.4. The van der Waals surface area contributed by atoms with Crippen LogP contribution < -0.4 is 0 Å². The molecule has 0 aliphatic heterocycles. The molecule has 0 amide bonds. The predicted octanol–water partition coefficient (Wildman–Crippen LogP) is 3.79. The van der Waals surface area contributed by atoms with Gasteiger partial charge in [0.15, 0.2) is 0 Å². The van der Waals surface area contributed by atoms with Gasteiger partial charge in [-0.15, -0.1) is 0 Å². The summed E-state index contributed by atoms with van der Waals surface area (Å²) in [7, 11) is 0. The van der Waals surface area contributed by atoms with E-state index in [4.69, 9.17) is 0 Å². The molecule has 2 rings (SSSR count). The molecule has 0 unspecified atom stereocenters. The summed E-state index contributed by atoms with van der Waals surface area (Å²) in [5.74, 6) is 0. The third-order valence-corrected chi connectivity index (χ3v) is 2.84. The molecule has 0 saturated carbocycles. The number of H-pyrrole nitrogens is 1. The highest BCUT2D eigenvalue weighted by Gasteiger charge is 2.31. The third-order valence-electron chi connectivity index (χ3n) is 1.95. The van der Waals surface area contributed by atoms with Crippen LogP contribution in [0.5, 0.6) is 0 Å². The van der Waals surface area contributed by atoms with Crippen LogP contribution in [0.25, 0.3) is 10.9 Å². The largest absolute Gasteiger partial charge is 0.416 e. The maximum atomic E-state index is 12.4. The van der Waals surface area contributed by atoms with Gasteiger partial charge in [0.2, 0.25) is 0 Å². The van der Waals surface area contributed by atoms with Crippen LogP contribution in [0.4, 0.5) is 13.2 Å². The monoisotopic (exact) mass is 311 g/mol. The second-order valence-corrected chi connectivity index (χ2v) is 4.06. The zero-order valence-electron chi connectivity index (χ0n) is 6.82. The normalized spacial score (nSPS) is 12.3. The standard InChI is InChI=1S/C9H5F3IN/c10-9(11,12)5-3-7(13)6-1-2-14-8(6)4-5/h1-4,14H. The number of aromatic nitrogens is 1. The average molecular weight is 311 g/mol. The minimum Gasteiger partial charge on any atom is -0.361 e. The Bertz CT molecular complexity index is 472. The fourth-order valence-corrected chi connectivity index (χ4v) is 2.09. The van der Waals surface area contributed by atoms with E-state index in [0.717, 1.165) is 17.5 Å². The fraction of sp³-hybridized carbons (Fsp3) is 0.111. The van der Waals surface area contributed by atoms with Crippen LogP contribution in [0.15, 0.2) is 24.4 Å². The number of rotatable bonds is 0. The van der Waals surface area contributed by atoms with Gasteiger partial charge in [0.05, 0.1) is 5.56 Å². The lowest BCUT2D eigenvalue weighted by molar-refractivity contribution is -0.137. The van der Waals surface area contributed by atoms with Crippen molar-refractivity contribution in [3.8, 4) is 0 Å². The molecule has 0 atom stereocenters. The van der Waals surface area contributed by atoms with Crippen LogP contribution in [-0.4, -0.2) is 4.98 Å². The van der Waals surface area contributed by atoms with Crippen LogP contribution >= 0.6 is 22.6 Å². The molecule has 74 valence electrons. The molecule has 0 saturated heterocycles. The van der Waals surface area contributed by atoms with Crippen LogP contribution in [0.1, 0.15) is 5.56 Å². The van der Waals surface area contributed by atoms with E-state index in [1.807, 2.05) is 22.6 Å². The first kappa shape index (κ1) is 9.82. The Hall–Kier alpha value is -0.720. The summed E-state index contributed by atoms with van der Waals surface area (Å²) in [6.07, 6.45) is -2.65. The van der Waals surface area contributed by atoms with Crippen molar-refractivity contribution in [3.63, 3.8) is 0 Å². The maximum Gasteiger partial charge on any atom is 0.416 e. The molecular formula is C9H5F3IN. The quantitative estimate of drug-likeness (QED) is 0.713. The van der Waals surface area contributed by atoms with Crippen LogP contribution in [0.2, 0.25) is 0 Å². The van der Waals surface area contributed by atoms with E-state index >= 15 is 0 Å². The number of benzene rings is 1. The summed E-state index contributed by atoms with van der Waals surface area (Å²) in [5, 5.41) is 0.818. The summed E-state index contributed by atoms with van der Waals surface area (Å²) in [6.45, 7) is 0. The van der Waals surface area contributed by atoms with Crippen LogP contribution in [-0.2, 0) is 6.18 Å². The van der Waals surface area contributed by atoms with Crippen molar-refractivity contribution in [2.45, 2.75) is 6.18 Å². The van der Waals surface area contributed by atoms with E-state index in [0.29, 0.717) is 9.09 Å². The molecule has 2 aromatic rings. The van der Waals surface area contributed by atoms with Crippen molar-refractivity contribution in [2.24, 2.45) is 0 Å². The second-order valence-electron chi connectivity index (χ2n) is 2.89. The van der Waals surface area contributed by atoms with Crippen molar-refractivity contribution in [2.75, 3.05) is 0 Å². The van der Waals surface area contributed by atoms with Crippen LogP contribution in [0, 0.1) is 3.57 Å². The molecule has 0 aliphatic rings. The first-order chi connectivity index (χ1) is 6.48. The zero-order valence-corrected chi connectivity index (χ0v) is 8.98. The Morgan fingerprint density at radius 1 is 1.21 bits per heavy atom. The van der Waals surface area contributed by atoms with E-state index in [1.54, 1.807) is 12.3 Å². The molecule has 1 aromatic carbocycles. The minimum atomic E-state index is -4.28. The average Bonchev–Trinajstić information content (AvgIpc) is 2.50. The number of nitrogens with one attached hydrogen (secondary N) is 1. The van der Waals surface area contributed by atoms with Crippen LogP contribution in [0.3, 0.4) is 0 Å². The molecule has 1 nitrogen and oxygen atoms in total. The molecule has 1 heterocycles. The first-order valence-electron chi connectivity index (χ1n) is 3.82. The smallest absolute Gasteiger partial charge is 0.361 e. The number of hydrogen-bond acceptors (Lipinski definition) is 0. The molecule has 5 heteroatoms. The van der Waals surface area contributed by atoms with Gasteiger partial charge in [-0.2, -0.15) is 13.2 Å². The van der Waals surface area contributed by atoms with Gasteiger partial charge in [0.25, 0.3) is 0 Å². The summed E-state index contributed by atoms with van der Waals surface area (Å²) in [5.41, 5.74) is -0.0962. The summed E-state index contributed by atoms with van der Waals surface area (Å²) >= 11 is 1.90. The summed E-state index contributed by atoms with van der Waals surface area (Å²) < 4.78 is 37.8. The van der Waals surface area contributed by atoms with Gasteiger partial charge in [0.1, 0.15) is 0 Å². The number of alkyl halides is 3. The van der Waals surface area contributed by atoms with Gasteiger partial charge in [0, 0.05) is 20.7 Å². The molecule has 0 spiro atoms. The number of halogens is 4. The van der Waals surface area contributed by atoms with Gasteiger partial charge < -0.3 is 4.98 Å². The Kier molecular flexibility index (Phi) is 2.21. The topological polar surface area (TPSA) is 15.8 Å². The summed E-state index contributed by atoms with van der Waals surface area (Å²) in [6, 6.07) is 4.03. The molecule has 1 N–H and O–H groups in total. The van der Waals surface area contributed by atoms with Crippen molar-refractivity contribution in [3.05, 3.63) is 33.5 Å². The van der Waals surface area contributed by atoms with Gasteiger partial charge in [-0.3, -0.25) is 0 Å². The second kappa shape index (κ2) is 3.15. The van der Waals surface area contributed by atoms with Gasteiger partial charge in [-0.25, -0.2) is 0 Å². The van der Waals surface area contributed by atoms with Gasteiger partial charge in [-0.05, 0) is 40.8 Å². The number of hydrogen-bond donors (Lipinski definition) is 1. The van der Waals surface area contributed by atoms with Crippen molar-refractivity contribution in [1.82, 2.24) is 4.98 Å². The van der Waals surface area contributed by atoms with E-state index in [2.05, 4.69) is 4.98 Å². The highest BCUT2D eigenvalue weighted by Crippen LogP contribution is 2.33. The molecule has 0 aliphatic carbocycles. The van der Waals surface area contributed by atoms with E-state index in [9.17, 15) is 13.2 Å². The fourth-order valence-electron chi connectivity index (χ4n) is 1.29. The van der Waals surface area contributed by atoms with Gasteiger partial charge in [-0.1, -0.05) is 0 Å². The van der Waals surface area contributed by atoms with E-state index in [-0.39, 0.29) is 0 Å². The molecule has 14 heavy (non-hydrogen) atoms. The molecule has 0 fully saturated rings. The Morgan fingerprint density at radius 3 is 2.57 bits per heavy atom. The van der Waals surface area contributed by atoms with E-state index in [1.165, 1.54) is 0 Å².